The monoisotopic (exact) mass is 353 g/mol. The molecule has 1 saturated carbocycles. The zero-order valence-electron chi connectivity index (χ0n) is 13.2. The third-order valence-electron chi connectivity index (χ3n) is 4.25. The van der Waals surface area contributed by atoms with E-state index in [0.717, 1.165) is 22.9 Å². The first-order valence-electron chi connectivity index (χ1n) is 7.44. The average molecular weight is 354 g/mol. The maximum Gasteiger partial charge on any atom is 0.338 e. The smallest absolute Gasteiger partial charge is 0.338 e. The third kappa shape index (κ3) is 4.00. The molecular weight excluding hydrogens is 330 g/mol. The van der Waals surface area contributed by atoms with Crippen LogP contribution in [0.15, 0.2) is 16.6 Å². The Morgan fingerprint density at radius 1 is 1.38 bits per heavy atom. The normalized spacial score (nSPS) is 24.6. The second-order valence-electron chi connectivity index (χ2n) is 7.11. The number of ether oxygens (including phenoxy) is 1. The Kier molecular flexibility index (Phi) is 4.66. The Morgan fingerprint density at radius 3 is 2.67 bits per heavy atom. The lowest BCUT2D eigenvalue weighted by atomic mass is 9.71. The van der Waals surface area contributed by atoms with Crippen molar-refractivity contribution in [3.8, 4) is 0 Å². The predicted octanol–water partition coefficient (Wildman–Crippen LogP) is 4.71. The average Bonchev–Trinajstić information content (AvgIpc) is 2.30. The van der Waals surface area contributed by atoms with Crippen LogP contribution in [0.25, 0.3) is 0 Å². The minimum atomic E-state index is -0.268. The number of rotatable bonds is 2. The van der Waals surface area contributed by atoms with E-state index >= 15 is 0 Å². The van der Waals surface area contributed by atoms with Gasteiger partial charge in [-0.15, -0.1) is 0 Å². The highest BCUT2D eigenvalue weighted by Gasteiger charge is 2.34. The van der Waals surface area contributed by atoms with Gasteiger partial charge in [0.2, 0.25) is 0 Å². The number of halogens is 1. The molecule has 2 rings (SSSR count). The summed E-state index contributed by atoms with van der Waals surface area (Å²) in [5.41, 5.74) is 8.09. The molecule has 2 atom stereocenters. The maximum atomic E-state index is 12.5. The van der Waals surface area contributed by atoms with Crippen molar-refractivity contribution in [3.63, 3.8) is 0 Å². The summed E-state index contributed by atoms with van der Waals surface area (Å²) in [5.74, 6) is 0.315. The molecule has 21 heavy (non-hydrogen) atoms. The topological polar surface area (TPSA) is 52.3 Å². The second kappa shape index (κ2) is 5.99. The number of esters is 1. The van der Waals surface area contributed by atoms with Crippen LogP contribution in [-0.4, -0.2) is 12.1 Å². The Labute approximate surface area is 135 Å². The van der Waals surface area contributed by atoms with E-state index < -0.39 is 0 Å². The molecular formula is C17H24BrNO2. The van der Waals surface area contributed by atoms with Gasteiger partial charge in [0.15, 0.2) is 0 Å². The molecule has 2 N–H and O–H groups in total. The largest absolute Gasteiger partial charge is 0.459 e. The van der Waals surface area contributed by atoms with E-state index in [0.29, 0.717) is 17.2 Å². The maximum absolute atomic E-state index is 12.5. The van der Waals surface area contributed by atoms with Gasteiger partial charge in [-0.1, -0.05) is 36.7 Å². The molecule has 1 aliphatic rings. The van der Waals surface area contributed by atoms with Crippen LogP contribution in [0.2, 0.25) is 0 Å². The van der Waals surface area contributed by atoms with E-state index in [9.17, 15) is 4.79 Å². The lowest BCUT2D eigenvalue weighted by Crippen LogP contribution is -2.34. The van der Waals surface area contributed by atoms with Crippen LogP contribution >= 0.6 is 15.9 Å². The molecule has 1 fully saturated rings. The summed E-state index contributed by atoms with van der Waals surface area (Å²) in [6.07, 6.45) is 3.04. The molecule has 1 aromatic carbocycles. The molecule has 0 radical (unpaired) electrons. The molecule has 0 heterocycles. The predicted molar refractivity (Wildman–Crippen MR) is 89.3 cm³/mol. The highest BCUT2D eigenvalue weighted by atomic mass is 79.9. The fourth-order valence-electron chi connectivity index (χ4n) is 3.48. The molecule has 0 bridgehead atoms. The van der Waals surface area contributed by atoms with E-state index in [-0.39, 0.29) is 17.5 Å². The number of benzene rings is 1. The van der Waals surface area contributed by atoms with Crippen molar-refractivity contribution in [2.45, 2.75) is 53.1 Å². The number of nitrogens with two attached hydrogens (primary N) is 1. The molecule has 1 aromatic rings. The van der Waals surface area contributed by atoms with E-state index in [4.69, 9.17) is 10.5 Å². The van der Waals surface area contributed by atoms with Crippen molar-refractivity contribution in [1.82, 2.24) is 0 Å². The quantitative estimate of drug-likeness (QED) is 0.618. The molecule has 0 amide bonds. The van der Waals surface area contributed by atoms with Crippen molar-refractivity contribution in [2.24, 2.45) is 11.3 Å². The fourth-order valence-corrected chi connectivity index (χ4v) is 3.95. The highest BCUT2D eigenvalue weighted by Crippen LogP contribution is 2.40. The van der Waals surface area contributed by atoms with E-state index in [2.05, 4.69) is 36.7 Å². The Bertz CT molecular complexity index is 554. The van der Waals surface area contributed by atoms with Crippen molar-refractivity contribution in [2.75, 3.05) is 5.73 Å². The van der Waals surface area contributed by atoms with Crippen LogP contribution in [0.5, 0.6) is 0 Å². The summed E-state index contributed by atoms with van der Waals surface area (Å²) in [7, 11) is 0. The van der Waals surface area contributed by atoms with Gasteiger partial charge in [-0.05, 0) is 55.2 Å². The van der Waals surface area contributed by atoms with Crippen molar-refractivity contribution in [1.29, 1.82) is 0 Å². The molecule has 0 spiro atoms. The zero-order chi connectivity index (χ0) is 15.8. The van der Waals surface area contributed by atoms with Gasteiger partial charge >= 0.3 is 5.97 Å². The van der Waals surface area contributed by atoms with Crippen LogP contribution in [0.1, 0.15) is 56.0 Å². The molecule has 1 aliphatic carbocycles. The minimum absolute atomic E-state index is 0.00384. The van der Waals surface area contributed by atoms with Gasteiger partial charge in [-0.2, -0.15) is 0 Å². The number of hydrogen-bond donors (Lipinski definition) is 1. The summed E-state index contributed by atoms with van der Waals surface area (Å²) in [6, 6.07) is 3.59. The summed E-state index contributed by atoms with van der Waals surface area (Å²) in [6.45, 7) is 8.56. The third-order valence-corrected chi connectivity index (χ3v) is 4.71. The summed E-state index contributed by atoms with van der Waals surface area (Å²) >= 11 is 3.38. The van der Waals surface area contributed by atoms with E-state index in [1.54, 1.807) is 12.1 Å². The second-order valence-corrected chi connectivity index (χ2v) is 8.02. The lowest BCUT2D eigenvalue weighted by molar-refractivity contribution is -0.00720. The van der Waals surface area contributed by atoms with Gasteiger partial charge in [0.1, 0.15) is 6.10 Å². The molecule has 0 aromatic heterocycles. The first-order valence-corrected chi connectivity index (χ1v) is 8.24. The van der Waals surface area contributed by atoms with Crippen LogP contribution in [0.3, 0.4) is 0 Å². The lowest BCUT2D eigenvalue weighted by Gasteiger charge is -2.38. The Balaban J connectivity index is 2.15. The SMILES string of the molecule is Cc1c(N)cc(Br)cc1C(=O)OC1CC(C)CC(C)(C)C1. The first-order chi connectivity index (χ1) is 9.68. The molecule has 0 aliphatic heterocycles. The van der Waals surface area contributed by atoms with Crippen LogP contribution < -0.4 is 5.73 Å². The van der Waals surface area contributed by atoms with Crippen molar-refractivity contribution >= 4 is 27.6 Å². The van der Waals surface area contributed by atoms with Crippen LogP contribution in [0, 0.1) is 18.3 Å². The molecule has 2 unspecified atom stereocenters. The van der Waals surface area contributed by atoms with E-state index in [1.807, 2.05) is 6.92 Å². The highest BCUT2D eigenvalue weighted by molar-refractivity contribution is 9.10. The van der Waals surface area contributed by atoms with Crippen molar-refractivity contribution in [3.05, 3.63) is 27.7 Å². The van der Waals surface area contributed by atoms with Gasteiger partial charge in [0.25, 0.3) is 0 Å². The van der Waals surface area contributed by atoms with Gasteiger partial charge in [0.05, 0.1) is 5.56 Å². The van der Waals surface area contributed by atoms with Gasteiger partial charge in [-0.3, -0.25) is 0 Å². The zero-order valence-corrected chi connectivity index (χ0v) is 14.8. The Morgan fingerprint density at radius 2 is 2.05 bits per heavy atom. The van der Waals surface area contributed by atoms with Crippen LogP contribution in [0.4, 0.5) is 5.69 Å². The van der Waals surface area contributed by atoms with Gasteiger partial charge in [0, 0.05) is 10.2 Å². The molecule has 4 heteroatoms. The fraction of sp³-hybridized carbons (Fsp3) is 0.588. The summed E-state index contributed by atoms with van der Waals surface area (Å²) in [5, 5.41) is 0. The standard InChI is InChI=1S/C17H24BrNO2/c1-10-5-13(9-17(3,4)8-10)21-16(20)14-6-12(18)7-15(19)11(14)2/h6-7,10,13H,5,8-9,19H2,1-4H3. The summed E-state index contributed by atoms with van der Waals surface area (Å²) in [4.78, 5) is 12.5. The molecule has 116 valence electrons. The summed E-state index contributed by atoms with van der Waals surface area (Å²) < 4.78 is 6.56. The Hall–Kier alpha value is -1.03. The van der Waals surface area contributed by atoms with Gasteiger partial charge in [-0.25, -0.2) is 4.79 Å². The number of anilines is 1. The van der Waals surface area contributed by atoms with Crippen LogP contribution in [-0.2, 0) is 4.74 Å². The minimum Gasteiger partial charge on any atom is -0.459 e. The number of carbonyl (C=O) groups excluding carboxylic acids is 1. The van der Waals surface area contributed by atoms with Gasteiger partial charge < -0.3 is 10.5 Å². The molecule has 3 nitrogen and oxygen atoms in total. The molecule has 0 saturated heterocycles. The van der Waals surface area contributed by atoms with E-state index in [1.165, 1.54) is 6.42 Å². The number of hydrogen-bond acceptors (Lipinski definition) is 3. The number of nitrogen functional groups attached to an aromatic ring is 1. The first kappa shape index (κ1) is 16.3. The van der Waals surface area contributed by atoms with Crippen molar-refractivity contribution < 1.29 is 9.53 Å². The number of carbonyl (C=O) groups is 1.